The number of carbonyl (C=O) groups is 1. The number of nitrogens with zero attached hydrogens (tertiary/aromatic N) is 5. The molecule has 1 fully saturated rings. The summed E-state index contributed by atoms with van der Waals surface area (Å²) in [4.78, 5) is 24.1. The molecule has 10 nitrogen and oxygen atoms in total. The van der Waals surface area contributed by atoms with Crippen LogP contribution in [-0.4, -0.2) is 72.4 Å². The highest BCUT2D eigenvalue weighted by molar-refractivity contribution is 7.90. The summed E-state index contributed by atoms with van der Waals surface area (Å²) in [7, 11) is -2.12. The summed E-state index contributed by atoms with van der Waals surface area (Å²) in [6.45, 7) is 1.59. The maximum Gasteiger partial charge on any atom is 0.274 e. The van der Waals surface area contributed by atoms with Crippen molar-refractivity contribution in [1.29, 1.82) is 0 Å². The Morgan fingerprint density at radius 2 is 2.03 bits per heavy atom. The molecule has 5 rings (SSSR count). The maximum atomic E-state index is 13.7. The van der Waals surface area contributed by atoms with Crippen LogP contribution in [0.4, 0.5) is 20.2 Å². The molecule has 0 bridgehead atoms. The monoisotopic (exact) mass is 533 g/mol. The molecule has 37 heavy (non-hydrogen) atoms. The number of imidazole rings is 1. The first-order chi connectivity index (χ1) is 17.6. The number of fused-ring (bicyclic) bond motifs is 1. The molecule has 0 spiro atoms. The Bertz CT molecular complexity index is 1450. The van der Waals surface area contributed by atoms with Crippen LogP contribution in [-0.2, 0) is 16.9 Å². The summed E-state index contributed by atoms with van der Waals surface area (Å²) in [5.74, 6) is 0.903. The summed E-state index contributed by atoms with van der Waals surface area (Å²) < 4.78 is 64.8. The van der Waals surface area contributed by atoms with Gasteiger partial charge in [-0.2, -0.15) is 0 Å². The number of carbonyl (C=O) groups excluding carboxylic acids is 1. The van der Waals surface area contributed by atoms with Crippen molar-refractivity contribution >= 4 is 27.1 Å². The first-order valence-corrected chi connectivity index (χ1v) is 13.5. The standard InChI is InChI=1S/C24H25F2N5O5S/c1-29-13-19(28-14-29)24(32)30-6-5-17(12-30)36-16-3-4-21-20(10-16)31(7-8-35-21)15-9-18(22(25)26)23(27-11-15)37(2,33)34/h3-4,9-11,13-14,17,22H,5-8,12H2,1-2H3. The third kappa shape index (κ3) is 5.08. The number of pyridine rings is 1. The predicted molar refractivity (Wildman–Crippen MR) is 129 cm³/mol. The normalized spacial score (nSPS) is 17.6. The number of hydrogen-bond acceptors (Lipinski definition) is 8. The van der Waals surface area contributed by atoms with Crippen molar-refractivity contribution in [3.05, 3.63) is 54.2 Å². The molecule has 1 unspecified atom stereocenters. The van der Waals surface area contributed by atoms with Crippen molar-refractivity contribution in [2.75, 3.05) is 37.4 Å². The van der Waals surface area contributed by atoms with Crippen molar-refractivity contribution in [2.45, 2.75) is 24.0 Å². The Kier molecular flexibility index (Phi) is 6.48. The average molecular weight is 534 g/mol. The number of sulfone groups is 1. The second-order valence-electron chi connectivity index (χ2n) is 8.99. The molecule has 4 heterocycles. The van der Waals surface area contributed by atoms with E-state index in [0.29, 0.717) is 61.2 Å². The average Bonchev–Trinajstić information content (AvgIpc) is 3.51. The second-order valence-corrected chi connectivity index (χ2v) is 10.9. The Balaban J connectivity index is 1.36. The molecular formula is C24H25F2N5O5S. The number of halogens is 2. The molecule has 3 aromatic rings. The van der Waals surface area contributed by atoms with Gasteiger partial charge in [0.15, 0.2) is 14.9 Å². The molecule has 13 heteroatoms. The van der Waals surface area contributed by atoms with E-state index < -0.39 is 26.9 Å². The van der Waals surface area contributed by atoms with Gasteiger partial charge in [0.25, 0.3) is 12.3 Å². The second kappa shape index (κ2) is 9.61. The van der Waals surface area contributed by atoms with Crippen LogP contribution in [0.25, 0.3) is 0 Å². The third-order valence-corrected chi connectivity index (χ3v) is 7.26. The molecule has 2 aliphatic rings. The quantitative estimate of drug-likeness (QED) is 0.476. The van der Waals surface area contributed by atoms with Crippen molar-refractivity contribution in [3.8, 4) is 11.5 Å². The number of aromatic nitrogens is 3. The Hall–Kier alpha value is -3.74. The zero-order chi connectivity index (χ0) is 26.3. The van der Waals surface area contributed by atoms with Crippen molar-refractivity contribution in [3.63, 3.8) is 0 Å². The number of amides is 1. The summed E-state index contributed by atoms with van der Waals surface area (Å²) in [6, 6.07) is 6.37. The van der Waals surface area contributed by atoms with E-state index in [1.54, 1.807) is 52.1 Å². The zero-order valence-corrected chi connectivity index (χ0v) is 21.0. The van der Waals surface area contributed by atoms with Gasteiger partial charge in [0.2, 0.25) is 0 Å². The maximum absolute atomic E-state index is 13.7. The predicted octanol–water partition coefficient (Wildman–Crippen LogP) is 2.98. The van der Waals surface area contributed by atoms with E-state index in [4.69, 9.17) is 9.47 Å². The van der Waals surface area contributed by atoms with Crippen LogP contribution in [0.3, 0.4) is 0 Å². The number of alkyl halides is 2. The van der Waals surface area contributed by atoms with Crippen LogP contribution >= 0.6 is 0 Å². The molecule has 0 aliphatic carbocycles. The molecule has 0 radical (unpaired) electrons. The van der Waals surface area contributed by atoms with Crippen molar-refractivity contribution in [1.82, 2.24) is 19.4 Å². The van der Waals surface area contributed by atoms with Crippen LogP contribution in [0.1, 0.15) is 28.9 Å². The van der Waals surface area contributed by atoms with Crippen LogP contribution in [0, 0.1) is 0 Å². The van der Waals surface area contributed by atoms with Gasteiger partial charge >= 0.3 is 0 Å². The van der Waals surface area contributed by atoms with Gasteiger partial charge in [-0.25, -0.2) is 27.2 Å². The number of ether oxygens (including phenoxy) is 2. The number of anilines is 2. The van der Waals surface area contributed by atoms with Gasteiger partial charge in [0, 0.05) is 38.5 Å². The number of aryl methyl sites for hydroxylation is 1. The van der Waals surface area contributed by atoms with E-state index in [1.165, 1.54) is 6.20 Å². The SMILES string of the molecule is Cn1cnc(C(=O)N2CCC(Oc3ccc4c(c3)N(c3cnc(S(C)(=O)=O)c(C(F)F)c3)CCO4)C2)c1. The lowest BCUT2D eigenvalue weighted by atomic mass is 10.2. The van der Waals surface area contributed by atoms with Crippen LogP contribution < -0.4 is 14.4 Å². The minimum absolute atomic E-state index is 0.156. The van der Waals surface area contributed by atoms with E-state index in [-0.39, 0.29) is 12.0 Å². The van der Waals surface area contributed by atoms with Crippen molar-refractivity contribution in [2.24, 2.45) is 7.05 Å². The first kappa shape index (κ1) is 24.9. The minimum atomic E-state index is -3.92. The lowest BCUT2D eigenvalue weighted by Gasteiger charge is -2.32. The highest BCUT2D eigenvalue weighted by atomic mass is 32.2. The van der Waals surface area contributed by atoms with E-state index in [9.17, 15) is 22.0 Å². The number of hydrogen-bond donors (Lipinski definition) is 0. The van der Waals surface area contributed by atoms with Gasteiger partial charge in [0.05, 0.1) is 42.6 Å². The Morgan fingerprint density at radius 3 is 2.73 bits per heavy atom. The van der Waals surface area contributed by atoms with E-state index in [0.717, 1.165) is 12.3 Å². The van der Waals surface area contributed by atoms with Gasteiger partial charge in [-0.15, -0.1) is 0 Å². The molecule has 1 amide bonds. The van der Waals surface area contributed by atoms with E-state index in [2.05, 4.69) is 9.97 Å². The Labute approximate surface area is 212 Å². The van der Waals surface area contributed by atoms with Gasteiger partial charge in [-0.1, -0.05) is 0 Å². The first-order valence-electron chi connectivity index (χ1n) is 11.6. The van der Waals surface area contributed by atoms with Crippen LogP contribution in [0.2, 0.25) is 0 Å². The van der Waals surface area contributed by atoms with E-state index >= 15 is 0 Å². The lowest BCUT2D eigenvalue weighted by molar-refractivity contribution is 0.0767. The fourth-order valence-corrected chi connectivity index (χ4v) is 5.32. The molecule has 196 valence electrons. The lowest BCUT2D eigenvalue weighted by Crippen LogP contribution is -2.31. The molecule has 2 aliphatic heterocycles. The van der Waals surface area contributed by atoms with Gasteiger partial charge in [-0.3, -0.25) is 4.79 Å². The molecule has 1 aromatic carbocycles. The summed E-state index contributed by atoms with van der Waals surface area (Å²) in [5, 5.41) is -0.636. The fraction of sp³-hybridized carbons (Fsp3) is 0.375. The third-order valence-electron chi connectivity index (χ3n) is 6.22. The Morgan fingerprint density at radius 1 is 1.22 bits per heavy atom. The highest BCUT2D eigenvalue weighted by Gasteiger charge is 2.30. The van der Waals surface area contributed by atoms with Crippen LogP contribution in [0.5, 0.6) is 11.5 Å². The molecule has 1 atom stereocenters. The highest BCUT2D eigenvalue weighted by Crippen LogP contribution is 2.40. The molecular weight excluding hydrogens is 508 g/mol. The molecule has 0 N–H and O–H groups in total. The van der Waals surface area contributed by atoms with E-state index in [1.807, 2.05) is 0 Å². The molecule has 0 saturated carbocycles. The number of likely N-dealkylation sites (tertiary alicyclic amines) is 1. The molecule has 2 aromatic heterocycles. The van der Waals surface area contributed by atoms with Crippen LogP contribution in [0.15, 0.2) is 48.0 Å². The smallest absolute Gasteiger partial charge is 0.274 e. The fourth-order valence-electron chi connectivity index (χ4n) is 4.50. The minimum Gasteiger partial charge on any atom is -0.490 e. The topological polar surface area (TPSA) is 107 Å². The number of rotatable bonds is 6. The zero-order valence-electron chi connectivity index (χ0n) is 20.2. The summed E-state index contributed by atoms with van der Waals surface area (Å²) >= 11 is 0. The summed E-state index contributed by atoms with van der Waals surface area (Å²) in [6.07, 6.45) is 2.77. The van der Waals surface area contributed by atoms with Crippen molar-refractivity contribution < 1.29 is 31.5 Å². The van der Waals surface area contributed by atoms with Gasteiger partial charge < -0.3 is 23.8 Å². The largest absolute Gasteiger partial charge is 0.490 e. The molecule has 1 saturated heterocycles. The van der Waals surface area contributed by atoms with Gasteiger partial charge in [-0.05, 0) is 18.2 Å². The van der Waals surface area contributed by atoms with Gasteiger partial charge in [0.1, 0.15) is 29.9 Å². The summed E-state index contributed by atoms with van der Waals surface area (Å²) in [5.41, 5.74) is 0.627. The number of benzene rings is 1.